The third-order valence-electron chi connectivity index (χ3n) is 2.59. The van der Waals surface area contributed by atoms with Crippen molar-refractivity contribution in [3.63, 3.8) is 0 Å². The fourth-order valence-corrected chi connectivity index (χ4v) is 3.78. The van der Waals surface area contributed by atoms with Gasteiger partial charge in [-0.1, -0.05) is 6.92 Å². The zero-order chi connectivity index (χ0) is 14.5. The molecule has 0 fully saturated rings. The van der Waals surface area contributed by atoms with Crippen LogP contribution in [0.3, 0.4) is 0 Å². The summed E-state index contributed by atoms with van der Waals surface area (Å²) >= 11 is 3.23. The lowest BCUT2D eigenvalue weighted by Gasteiger charge is -2.21. The van der Waals surface area contributed by atoms with Gasteiger partial charge in [0.2, 0.25) is 10.0 Å². The van der Waals surface area contributed by atoms with Gasteiger partial charge in [0.15, 0.2) is 0 Å². The van der Waals surface area contributed by atoms with Crippen molar-refractivity contribution in [2.45, 2.75) is 18.2 Å². The van der Waals surface area contributed by atoms with Crippen LogP contribution in [0, 0.1) is 0 Å². The Labute approximate surface area is 122 Å². The van der Waals surface area contributed by atoms with Crippen LogP contribution in [0.25, 0.3) is 0 Å². The van der Waals surface area contributed by atoms with Crippen LogP contribution in [0.2, 0.25) is 0 Å². The van der Waals surface area contributed by atoms with E-state index < -0.39 is 10.0 Å². The molecule has 0 saturated carbocycles. The highest BCUT2D eigenvalue weighted by molar-refractivity contribution is 9.10. The van der Waals surface area contributed by atoms with E-state index in [1.807, 2.05) is 0 Å². The Hall–Kier alpha value is -0.700. The van der Waals surface area contributed by atoms with Gasteiger partial charge in [0, 0.05) is 37.4 Å². The second-order valence-corrected chi connectivity index (χ2v) is 6.65. The number of hydrogen-bond acceptors (Lipinski definition) is 5. The molecule has 0 bridgehead atoms. The lowest BCUT2D eigenvalue weighted by Crippen LogP contribution is -2.32. The van der Waals surface area contributed by atoms with Crippen LogP contribution < -0.4 is 5.32 Å². The van der Waals surface area contributed by atoms with Gasteiger partial charge >= 0.3 is 0 Å². The van der Waals surface area contributed by atoms with Gasteiger partial charge in [-0.15, -0.1) is 0 Å². The zero-order valence-electron chi connectivity index (χ0n) is 10.9. The van der Waals surface area contributed by atoms with Crippen LogP contribution >= 0.6 is 15.9 Å². The largest absolute Gasteiger partial charge is 0.396 e. The number of aromatic nitrogens is 1. The molecule has 0 aliphatic carbocycles. The van der Waals surface area contributed by atoms with Gasteiger partial charge < -0.3 is 10.4 Å². The van der Waals surface area contributed by atoms with Gasteiger partial charge in [-0.25, -0.2) is 13.4 Å². The van der Waals surface area contributed by atoms with Crippen molar-refractivity contribution in [1.82, 2.24) is 9.29 Å². The summed E-state index contributed by atoms with van der Waals surface area (Å²) in [5.74, 6) is 0.311. The molecule has 0 aliphatic heterocycles. The molecule has 108 valence electrons. The number of nitrogens with one attached hydrogen (secondary N) is 1. The fourth-order valence-electron chi connectivity index (χ4n) is 1.64. The summed E-state index contributed by atoms with van der Waals surface area (Å²) in [6, 6.07) is 1.52. The van der Waals surface area contributed by atoms with E-state index in [1.54, 1.807) is 14.0 Å². The van der Waals surface area contributed by atoms with Crippen molar-refractivity contribution in [1.29, 1.82) is 0 Å². The highest BCUT2D eigenvalue weighted by Crippen LogP contribution is 2.25. The smallest absolute Gasteiger partial charge is 0.246 e. The lowest BCUT2D eigenvalue weighted by atomic mass is 10.4. The topological polar surface area (TPSA) is 82.5 Å². The average molecular weight is 352 g/mol. The monoisotopic (exact) mass is 351 g/mol. The quantitative estimate of drug-likeness (QED) is 0.773. The maximum Gasteiger partial charge on any atom is 0.246 e. The molecule has 19 heavy (non-hydrogen) atoms. The Kier molecular flexibility index (Phi) is 6.18. The van der Waals surface area contributed by atoms with Gasteiger partial charge in [-0.2, -0.15) is 4.31 Å². The summed E-state index contributed by atoms with van der Waals surface area (Å²) in [4.78, 5) is 4.18. The molecule has 6 nitrogen and oxygen atoms in total. The Bertz CT molecular complexity index is 522. The van der Waals surface area contributed by atoms with Crippen LogP contribution in [0.4, 0.5) is 5.82 Å². The molecule has 0 spiro atoms. The summed E-state index contributed by atoms with van der Waals surface area (Å²) < 4.78 is 27.0. The normalized spacial score (nSPS) is 11.8. The molecule has 0 amide bonds. The molecule has 0 aromatic carbocycles. The van der Waals surface area contributed by atoms with Crippen molar-refractivity contribution in [2.24, 2.45) is 0 Å². The zero-order valence-corrected chi connectivity index (χ0v) is 13.3. The highest BCUT2D eigenvalue weighted by Gasteiger charge is 2.26. The SMILES string of the molecule is CCN(CCCO)S(=O)(=O)c1cc(Br)cnc1NC. The van der Waals surface area contributed by atoms with E-state index in [9.17, 15) is 8.42 Å². The second-order valence-electron chi connectivity index (χ2n) is 3.82. The lowest BCUT2D eigenvalue weighted by molar-refractivity contribution is 0.271. The highest BCUT2D eigenvalue weighted by atomic mass is 79.9. The first-order valence-electron chi connectivity index (χ1n) is 5.91. The van der Waals surface area contributed by atoms with E-state index in [2.05, 4.69) is 26.2 Å². The molecule has 0 atom stereocenters. The van der Waals surface area contributed by atoms with Crippen LogP contribution in [0.5, 0.6) is 0 Å². The molecule has 1 rings (SSSR count). The van der Waals surface area contributed by atoms with Gasteiger partial charge in [-0.3, -0.25) is 0 Å². The first kappa shape index (κ1) is 16.4. The molecule has 0 unspecified atom stereocenters. The van der Waals surface area contributed by atoms with E-state index >= 15 is 0 Å². The third kappa shape index (κ3) is 3.88. The van der Waals surface area contributed by atoms with Crippen molar-refractivity contribution in [3.8, 4) is 0 Å². The van der Waals surface area contributed by atoms with Crippen LogP contribution in [-0.2, 0) is 10.0 Å². The molecule has 1 aromatic rings. The Morgan fingerprint density at radius 1 is 1.53 bits per heavy atom. The number of anilines is 1. The summed E-state index contributed by atoms with van der Waals surface area (Å²) in [5.41, 5.74) is 0. The predicted molar refractivity (Wildman–Crippen MR) is 77.6 cm³/mol. The minimum Gasteiger partial charge on any atom is -0.396 e. The Morgan fingerprint density at radius 3 is 2.74 bits per heavy atom. The summed E-state index contributed by atoms with van der Waals surface area (Å²) in [6.45, 7) is 2.35. The number of nitrogens with zero attached hydrogens (tertiary/aromatic N) is 2. The first-order chi connectivity index (χ1) is 8.97. The third-order valence-corrected chi connectivity index (χ3v) is 5.01. The van der Waals surface area contributed by atoms with Gasteiger partial charge in [0.1, 0.15) is 10.7 Å². The Morgan fingerprint density at radius 2 is 2.21 bits per heavy atom. The number of sulfonamides is 1. The van der Waals surface area contributed by atoms with Gasteiger partial charge in [0.25, 0.3) is 0 Å². The maximum atomic E-state index is 12.5. The second kappa shape index (κ2) is 7.18. The molecule has 1 aromatic heterocycles. The molecular formula is C11H18BrN3O3S. The van der Waals surface area contributed by atoms with E-state index in [-0.39, 0.29) is 18.0 Å². The number of aliphatic hydroxyl groups is 1. The molecule has 1 heterocycles. The summed E-state index contributed by atoms with van der Waals surface area (Å²) in [7, 11) is -2.00. The minimum atomic E-state index is -3.62. The minimum absolute atomic E-state index is 0.0400. The standard InChI is InChI=1S/C11H18BrN3O3S/c1-3-15(5-4-6-16)19(17,18)10-7-9(12)8-14-11(10)13-2/h7-8,16H,3-6H2,1-2H3,(H,13,14). The van der Waals surface area contributed by atoms with Crippen molar-refractivity contribution in [2.75, 3.05) is 32.1 Å². The molecule has 0 aliphatic rings. The number of pyridine rings is 1. The molecule has 0 radical (unpaired) electrons. The van der Waals surface area contributed by atoms with Crippen molar-refractivity contribution >= 4 is 31.8 Å². The van der Waals surface area contributed by atoms with Crippen LogP contribution in [0.1, 0.15) is 13.3 Å². The number of hydrogen-bond donors (Lipinski definition) is 2. The van der Waals surface area contributed by atoms with Crippen LogP contribution in [-0.4, -0.2) is 49.6 Å². The predicted octanol–water partition coefficient (Wildman–Crippen LogP) is 1.28. The summed E-state index contributed by atoms with van der Waals surface area (Å²) in [6.07, 6.45) is 1.94. The molecular weight excluding hydrogens is 334 g/mol. The molecule has 0 saturated heterocycles. The number of halogens is 1. The molecule has 2 N–H and O–H groups in total. The van der Waals surface area contributed by atoms with E-state index in [0.717, 1.165) is 0 Å². The fraction of sp³-hybridized carbons (Fsp3) is 0.545. The van der Waals surface area contributed by atoms with E-state index in [1.165, 1.54) is 16.6 Å². The van der Waals surface area contributed by atoms with Crippen LogP contribution in [0.15, 0.2) is 21.6 Å². The first-order valence-corrected chi connectivity index (χ1v) is 8.15. The Balaban J connectivity index is 3.20. The summed E-state index contributed by atoms with van der Waals surface area (Å²) in [5, 5.41) is 11.6. The van der Waals surface area contributed by atoms with Gasteiger partial charge in [-0.05, 0) is 28.4 Å². The van der Waals surface area contributed by atoms with E-state index in [0.29, 0.717) is 23.3 Å². The van der Waals surface area contributed by atoms with Crippen molar-refractivity contribution < 1.29 is 13.5 Å². The number of rotatable bonds is 7. The average Bonchev–Trinajstić information content (AvgIpc) is 2.39. The maximum absolute atomic E-state index is 12.5. The van der Waals surface area contributed by atoms with Gasteiger partial charge in [0.05, 0.1) is 0 Å². The van der Waals surface area contributed by atoms with E-state index in [4.69, 9.17) is 5.11 Å². The van der Waals surface area contributed by atoms with Crippen molar-refractivity contribution in [3.05, 3.63) is 16.7 Å². The molecule has 8 heteroatoms. The number of aliphatic hydroxyl groups excluding tert-OH is 1.